The molecule has 0 aromatic rings. The second-order valence-electron chi connectivity index (χ2n) is 3.23. The molecular weight excluding hydrogens is 170 g/mol. The van der Waals surface area contributed by atoms with E-state index in [1.807, 2.05) is 0 Å². The van der Waals surface area contributed by atoms with Gasteiger partial charge in [0.2, 0.25) is 0 Å². The van der Waals surface area contributed by atoms with Gasteiger partial charge in [-0.05, 0) is 26.2 Å². The van der Waals surface area contributed by atoms with E-state index in [1.54, 1.807) is 13.0 Å². The number of esters is 1. The molecule has 1 rings (SSSR count). The summed E-state index contributed by atoms with van der Waals surface area (Å²) in [5.41, 5.74) is -1.49. The Hall–Kier alpha value is -1.08. The maximum atomic E-state index is 11.3. The van der Waals surface area contributed by atoms with Crippen LogP contribution in [0.2, 0.25) is 0 Å². The number of carbonyl (C=O) groups is 1. The Bertz CT molecular complexity index is 246. The van der Waals surface area contributed by atoms with Crippen LogP contribution in [0.5, 0.6) is 0 Å². The summed E-state index contributed by atoms with van der Waals surface area (Å²) in [6.07, 6.45) is 1.61. The number of nitrogens with zero attached hydrogens (tertiary/aromatic N) is 1. The lowest BCUT2D eigenvalue weighted by Crippen LogP contribution is -2.37. The highest BCUT2D eigenvalue weighted by molar-refractivity contribution is 5.75. The van der Waals surface area contributed by atoms with Gasteiger partial charge in [-0.2, -0.15) is 5.26 Å². The van der Waals surface area contributed by atoms with E-state index < -0.39 is 17.5 Å². The van der Waals surface area contributed by atoms with Crippen molar-refractivity contribution in [2.45, 2.75) is 31.8 Å². The molecule has 0 aliphatic heterocycles. The smallest absolute Gasteiger partial charge is 0.312 e. The minimum atomic E-state index is -1.49. The zero-order valence-electron chi connectivity index (χ0n) is 7.62. The first-order chi connectivity index (χ1) is 6.14. The van der Waals surface area contributed by atoms with Gasteiger partial charge in [-0.15, -0.1) is 0 Å². The number of ether oxygens (including phenoxy) is 1. The monoisotopic (exact) mass is 183 g/mol. The Morgan fingerprint density at radius 2 is 2.54 bits per heavy atom. The Morgan fingerprint density at radius 1 is 1.85 bits per heavy atom. The highest BCUT2D eigenvalue weighted by Gasteiger charge is 2.46. The molecule has 4 heteroatoms. The van der Waals surface area contributed by atoms with Gasteiger partial charge >= 0.3 is 5.97 Å². The summed E-state index contributed by atoms with van der Waals surface area (Å²) in [5.74, 6) is -1.11. The van der Waals surface area contributed by atoms with E-state index in [4.69, 9.17) is 10.00 Å². The van der Waals surface area contributed by atoms with Crippen LogP contribution < -0.4 is 0 Å². The topological polar surface area (TPSA) is 70.3 Å². The summed E-state index contributed by atoms with van der Waals surface area (Å²) < 4.78 is 4.77. The van der Waals surface area contributed by atoms with Crippen LogP contribution in [-0.2, 0) is 9.53 Å². The number of hydrogen-bond acceptors (Lipinski definition) is 4. The first-order valence-electron chi connectivity index (χ1n) is 4.44. The second kappa shape index (κ2) is 3.75. The molecule has 1 aliphatic rings. The number of aliphatic hydroxyl groups is 1. The van der Waals surface area contributed by atoms with Crippen LogP contribution >= 0.6 is 0 Å². The molecule has 0 radical (unpaired) electrons. The van der Waals surface area contributed by atoms with Crippen LogP contribution in [-0.4, -0.2) is 23.3 Å². The van der Waals surface area contributed by atoms with Crippen LogP contribution in [0.15, 0.2) is 0 Å². The molecule has 1 aliphatic carbocycles. The molecule has 1 saturated carbocycles. The summed E-state index contributed by atoms with van der Waals surface area (Å²) in [7, 11) is 0. The lowest BCUT2D eigenvalue weighted by molar-refractivity contribution is -0.153. The third-order valence-corrected chi connectivity index (χ3v) is 2.39. The molecule has 72 valence electrons. The molecule has 0 heterocycles. The van der Waals surface area contributed by atoms with Gasteiger partial charge in [0.15, 0.2) is 5.60 Å². The fraction of sp³-hybridized carbons (Fsp3) is 0.778. The molecule has 0 amide bonds. The fourth-order valence-corrected chi connectivity index (χ4v) is 1.68. The maximum Gasteiger partial charge on any atom is 0.312 e. The van der Waals surface area contributed by atoms with Gasteiger partial charge < -0.3 is 9.84 Å². The third kappa shape index (κ3) is 1.81. The van der Waals surface area contributed by atoms with Crippen LogP contribution in [0, 0.1) is 17.2 Å². The van der Waals surface area contributed by atoms with Crippen molar-refractivity contribution < 1.29 is 14.6 Å². The lowest BCUT2D eigenvalue weighted by Gasteiger charge is -2.20. The average Bonchev–Trinajstić information content (AvgIpc) is 2.49. The quantitative estimate of drug-likeness (QED) is 0.503. The number of hydrogen-bond donors (Lipinski definition) is 1. The van der Waals surface area contributed by atoms with Gasteiger partial charge in [0.05, 0.1) is 18.6 Å². The summed E-state index contributed by atoms with van der Waals surface area (Å²) in [6, 6.07) is 1.78. The second-order valence-corrected chi connectivity index (χ2v) is 3.23. The maximum absolute atomic E-state index is 11.3. The number of carbonyl (C=O) groups excluding carboxylic acids is 1. The van der Waals surface area contributed by atoms with Gasteiger partial charge in [0.25, 0.3) is 0 Å². The SMILES string of the molecule is CCOC(=O)C1CCCC1(O)C#N. The molecule has 4 nitrogen and oxygen atoms in total. The van der Waals surface area contributed by atoms with E-state index in [2.05, 4.69) is 0 Å². The molecule has 2 atom stereocenters. The van der Waals surface area contributed by atoms with Crippen molar-refractivity contribution in [2.24, 2.45) is 5.92 Å². The Balaban J connectivity index is 2.70. The standard InChI is InChI=1S/C9H13NO3/c1-2-13-8(11)7-4-3-5-9(7,12)6-10/h7,12H,2-5H2,1H3. The Labute approximate surface area is 77.1 Å². The first-order valence-corrected chi connectivity index (χ1v) is 4.44. The van der Waals surface area contributed by atoms with Crippen LogP contribution in [0.1, 0.15) is 26.2 Å². The Morgan fingerprint density at radius 3 is 3.08 bits per heavy atom. The highest BCUT2D eigenvalue weighted by Crippen LogP contribution is 2.35. The van der Waals surface area contributed by atoms with Gasteiger partial charge in [-0.25, -0.2) is 0 Å². The fourth-order valence-electron chi connectivity index (χ4n) is 1.68. The van der Waals surface area contributed by atoms with Crippen molar-refractivity contribution >= 4 is 5.97 Å². The molecule has 0 spiro atoms. The van der Waals surface area contributed by atoms with Crippen molar-refractivity contribution in [1.29, 1.82) is 5.26 Å². The van der Waals surface area contributed by atoms with E-state index in [-0.39, 0.29) is 6.61 Å². The third-order valence-electron chi connectivity index (χ3n) is 2.39. The van der Waals surface area contributed by atoms with Gasteiger partial charge in [0.1, 0.15) is 0 Å². The zero-order chi connectivity index (χ0) is 9.90. The lowest BCUT2D eigenvalue weighted by atomic mass is 9.92. The zero-order valence-corrected chi connectivity index (χ0v) is 7.62. The van der Waals surface area contributed by atoms with Gasteiger partial charge in [-0.1, -0.05) is 0 Å². The van der Waals surface area contributed by atoms with E-state index >= 15 is 0 Å². The first kappa shape index (κ1) is 10.0. The average molecular weight is 183 g/mol. The molecule has 1 fully saturated rings. The van der Waals surface area contributed by atoms with Crippen LogP contribution in [0.3, 0.4) is 0 Å². The van der Waals surface area contributed by atoms with Gasteiger partial charge in [0, 0.05) is 0 Å². The normalized spacial score (nSPS) is 32.5. The van der Waals surface area contributed by atoms with E-state index in [0.29, 0.717) is 19.3 Å². The van der Waals surface area contributed by atoms with E-state index in [0.717, 1.165) is 0 Å². The predicted molar refractivity (Wildman–Crippen MR) is 44.5 cm³/mol. The number of nitriles is 1. The van der Waals surface area contributed by atoms with E-state index in [9.17, 15) is 9.90 Å². The van der Waals surface area contributed by atoms with Crippen molar-refractivity contribution in [3.63, 3.8) is 0 Å². The highest BCUT2D eigenvalue weighted by atomic mass is 16.5. The molecule has 1 N–H and O–H groups in total. The Kier molecular flexibility index (Phi) is 2.89. The molecule has 13 heavy (non-hydrogen) atoms. The van der Waals surface area contributed by atoms with Crippen molar-refractivity contribution in [3.8, 4) is 6.07 Å². The minimum Gasteiger partial charge on any atom is -0.466 e. The molecule has 0 bridgehead atoms. The molecular formula is C9H13NO3. The van der Waals surface area contributed by atoms with E-state index in [1.165, 1.54) is 0 Å². The number of rotatable bonds is 2. The van der Waals surface area contributed by atoms with Gasteiger partial charge in [-0.3, -0.25) is 4.79 Å². The van der Waals surface area contributed by atoms with Crippen LogP contribution in [0.4, 0.5) is 0 Å². The molecule has 2 unspecified atom stereocenters. The largest absolute Gasteiger partial charge is 0.466 e. The molecule has 0 saturated heterocycles. The summed E-state index contributed by atoms with van der Waals surface area (Å²) in [5, 5.41) is 18.4. The summed E-state index contributed by atoms with van der Waals surface area (Å²) in [4.78, 5) is 11.3. The van der Waals surface area contributed by atoms with Crippen molar-refractivity contribution in [1.82, 2.24) is 0 Å². The van der Waals surface area contributed by atoms with Crippen molar-refractivity contribution in [2.75, 3.05) is 6.61 Å². The molecule has 0 aromatic heterocycles. The minimum absolute atomic E-state index is 0.289. The summed E-state index contributed by atoms with van der Waals surface area (Å²) in [6.45, 7) is 2.00. The van der Waals surface area contributed by atoms with Crippen molar-refractivity contribution in [3.05, 3.63) is 0 Å². The molecule has 0 aromatic carbocycles. The van der Waals surface area contributed by atoms with Crippen LogP contribution in [0.25, 0.3) is 0 Å². The summed E-state index contributed by atoms with van der Waals surface area (Å²) >= 11 is 0. The predicted octanol–water partition coefficient (Wildman–Crippen LogP) is 0.604.